The molecule has 1 atom stereocenters. The largest absolute Gasteiger partial charge is 0.475 e. The molecule has 6 heteroatoms. The molecule has 0 amide bonds. The van der Waals surface area contributed by atoms with E-state index in [0.29, 0.717) is 25.2 Å². The van der Waals surface area contributed by atoms with Gasteiger partial charge in [-0.05, 0) is 19.9 Å². The summed E-state index contributed by atoms with van der Waals surface area (Å²) in [6, 6.07) is 1.67. The minimum Gasteiger partial charge on any atom is -0.475 e. The topological polar surface area (TPSA) is 83.1 Å². The number of aliphatic hydroxyl groups excluding tert-OH is 1. The molecule has 1 saturated heterocycles. The first-order valence-corrected chi connectivity index (χ1v) is 6.22. The first kappa shape index (κ1) is 14.0. The van der Waals surface area contributed by atoms with Crippen LogP contribution in [0.15, 0.2) is 16.7 Å². The summed E-state index contributed by atoms with van der Waals surface area (Å²) in [6.45, 7) is 5.58. The van der Waals surface area contributed by atoms with Crippen LogP contribution >= 0.6 is 0 Å². The van der Waals surface area contributed by atoms with E-state index in [2.05, 4.69) is 4.90 Å². The monoisotopic (exact) mass is 269 g/mol. The Bertz CT molecular complexity index is 454. The highest BCUT2D eigenvalue weighted by Gasteiger charge is 2.33. The highest BCUT2D eigenvalue weighted by molar-refractivity contribution is 5.86. The van der Waals surface area contributed by atoms with Gasteiger partial charge in [-0.15, -0.1) is 0 Å². The van der Waals surface area contributed by atoms with E-state index in [4.69, 9.17) is 14.3 Å². The molecule has 1 aromatic heterocycles. The predicted molar refractivity (Wildman–Crippen MR) is 67.0 cm³/mol. The summed E-state index contributed by atoms with van der Waals surface area (Å²) in [5, 5.41) is 18.3. The van der Waals surface area contributed by atoms with E-state index in [9.17, 15) is 9.90 Å². The van der Waals surface area contributed by atoms with Crippen LogP contribution in [0.25, 0.3) is 0 Å². The zero-order chi connectivity index (χ0) is 14.0. The van der Waals surface area contributed by atoms with Crippen LogP contribution in [0, 0.1) is 0 Å². The molecule has 0 aliphatic carbocycles. The van der Waals surface area contributed by atoms with Gasteiger partial charge in [0.1, 0.15) is 0 Å². The van der Waals surface area contributed by atoms with Gasteiger partial charge in [-0.3, -0.25) is 4.90 Å². The molecule has 0 radical (unpaired) electrons. The van der Waals surface area contributed by atoms with Crippen LogP contribution in [0.3, 0.4) is 0 Å². The van der Waals surface area contributed by atoms with Crippen LogP contribution in [0.5, 0.6) is 0 Å². The molecule has 6 nitrogen and oxygen atoms in total. The van der Waals surface area contributed by atoms with Crippen LogP contribution < -0.4 is 0 Å². The van der Waals surface area contributed by atoms with E-state index in [-0.39, 0.29) is 24.1 Å². The van der Waals surface area contributed by atoms with E-state index < -0.39 is 5.97 Å². The molecule has 1 aromatic rings. The number of ether oxygens (including phenoxy) is 1. The molecule has 106 valence electrons. The summed E-state index contributed by atoms with van der Waals surface area (Å²) in [4.78, 5) is 13.1. The number of aliphatic hydroxyl groups is 1. The van der Waals surface area contributed by atoms with Crippen molar-refractivity contribution in [2.24, 2.45) is 0 Å². The van der Waals surface area contributed by atoms with Crippen molar-refractivity contribution in [3.8, 4) is 0 Å². The number of rotatable bonds is 4. The molecule has 0 spiro atoms. The van der Waals surface area contributed by atoms with Gasteiger partial charge in [0.2, 0.25) is 5.76 Å². The third-order valence-corrected chi connectivity index (χ3v) is 3.09. The van der Waals surface area contributed by atoms with E-state index >= 15 is 0 Å². The molecule has 0 saturated carbocycles. The standard InChI is InChI=1S/C13H19NO5/c1-13(2)8-14(6-10(7-15)19-13)5-9-3-4-18-11(9)12(16)17/h3-4,10,15H,5-8H2,1-2H3,(H,16,17). The molecule has 2 rings (SSSR count). The Morgan fingerprint density at radius 3 is 2.95 bits per heavy atom. The van der Waals surface area contributed by atoms with Crippen LogP contribution in [0.4, 0.5) is 0 Å². The van der Waals surface area contributed by atoms with Crippen LogP contribution in [-0.2, 0) is 11.3 Å². The second-order valence-electron chi connectivity index (χ2n) is 5.43. The average Bonchev–Trinajstić information content (AvgIpc) is 2.75. The van der Waals surface area contributed by atoms with Crippen molar-refractivity contribution in [1.82, 2.24) is 4.90 Å². The number of nitrogens with zero attached hydrogens (tertiary/aromatic N) is 1. The normalized spacial score (nSPS) is 23.4. The SMILES string of the molecule is CC1(C)CN(Cc2ccoc2C(=O)O)CC(CO)O1. The molecular weight excluding hydrogens is 250 g/mol. The molecule has 0 aromatic carbocycles. The lowest BCUT2D eigenvalue weighted by atomic mass is 10.0. The smallest absolute Gasteiger partial charge is 0.372 e. The van der Waals surface area contributed by atoms with Crippen molar-refractivity contribution >= 4 is 5.97 Å². The summed E-state index contributed by atoms with van der Waals surface area (Å²) < 4.78 is 10.7. The molecule has 1 aliphatic rings. The Morgan fingerprint density at radius 2 is 2.32 bits per heavy atom. The number of aromatic carboxylic acids is 1. The number of hydrogen-bond donors (Lipinski definition) is 2. The minimum atomic E-state index is -1.06. The average molecular weight is 269 g/mol. The summed E-state index contributed by atoms with van der Waals surface area (Å²) in [6.07, 6.45) is 1.14. The van der Waals surface area contributed by atoms with Crippen molar-refractivity contribution in [1.29, 1.82) is 0 Å². The first-order valence-electron chi connectivity index (χ1n) is 6.22. The third-order valence-electron chi connectivity index (χ3n) is 3.09. The number of hydrogen-bond acceptors (Lipinski definition) is 5. The number of carboxylic acids is 1. The number of furan rings is 1. The maximum atomic E-state index is 11.0. The van der Waals surface area contributed by atoms with Crippen LogP contribution in [-0.4, -0.2) is 52.5 Å². The van der Waals surface area contributed by atoms with E-state index in [1.165, 1.54) is 6.26 Å². The molecule has 2 heterocycles. The van der Waals surface area contributed by atoms with Gasteiger partial charge in [0.15, 0.2) is 0 Å². The van der Waals surface area contributed by atoms with Gasteiger partial charge in [0.05, 0.1) is 24.6 Å². The summed E-state index contributed by atoms with van der Waals surface area (Å²) in [5.74, 6) is -1.09. The van der Waals surface area contributed by atoms with Gasteiger partial charge in [-0.2, -0.15) is 0 Å². The third kappa shape index (κ3) is 3.34. The van der Waals surface area contributed by atoms with Crippen molar-refractivity contribution in [3.63, 3.8) is 0 Å². The van der Waals surface area contributed by atoms with Crippen molar-refractivity contribution < 1.29 is 24.2 Å². The van der Waals surface area contributed by atoms with Gasteiger partial charge >= 0.3 is 5.97 Å². The van der Waals surface area contributed by atoms with E-state index in [0.717, 1.165) is 0 Å². The van der Waals surface area contributed by atoms with Gasteiger partial charge in [-0.1, -0.05) is 0 Å². The molecular formula is C13H19NO5. The van der Waals surface area contributed by atoms with Crippen molar-refractivity contribution in [2.45, 2.75) is 32.1 Å². The molecule has 1 fully saturated rings. The Morgan fingerprint density at radius 1 is 1.58 bits per heavy atom. The quantitative estimate of drug-likeness (QED) is 0.846. The van der Waals surface area contributed by atoms with E-state index in [1.54, 1.807) is 6.07 Å². The Kier molecular flexibility index (Phi) is 3.93. The zero-order valence-corrected chi connectivity index (χ0v) is 11.1. The first-order chi connectivity index (χ1) is 8.91. The van der Waals surface area contributed by atoms with Crippen molar-refractivity contribution in [2.75, 3.05) is 19.7 Å². The molecule has 1 unspecified atom stereocenters. The molecule has 2 N–H and O–H groups in total. The van der Waals surface area contributed by atoms with E-state index in [1.807, 2.05) is 13.8 Å². The van der Waals surface area contributed by atoms with Crippen LogP contribution in [0.1, 0.15) is 30.0 Å². The minimum absolute atomic E-state index is 0.0233. The molecule has 1 aliphatic heterocycles. The van der Waals surface area contributed by atoms with Crippen molar-refractivity contribution in [3.05, 3.63) is 23.7 Å². The lowest BCUT2D eigenvalue weighted by molar-refractivity contribution is -0.150. The second kappa shape index (κ2) is 5.32. The van der Waals surface area contributed by atoms with Gasteiger partial charge < -0.3 is 19.4 Å². The highest BCUT2D eigenvalue weighted by Crippen LogP contribution is 2.23. The van der Waals surface area contributed by atoms with Gasteiger partial charge in [-0.25, -0.2) is 4.79 Å². The number of carbonyl (C=O) groups is 1. The fourth-order valence-corrected chi connectivity index (χ4v) is 2.52. The second-order valence-corrected chi connectivity index (χ2v) is 5.43. The lowest BCUT2D eigenvalue weighted by Gasteiger charge is -2.42. The summed E-state index contributed by atoms with van der Waals surface area (Å²) in [7, 11) is 0. The fourth-order valence-electron chi connectivity index (χ4n) is 2.52. The Balaban J connectivity index is 2.09. The number of carboxylic acid groups (broad SMARTS) is 1. The zero-order valence-electron chi connectivity index (χ0n) is 11.1. The predicted octanol–water partition coefficient (Wildman–Crippen LogP) is 0.950. The Labute approximate surface area is 111 Å². The van der Waals surface area contributed by atoms with Gasteiger partial charge in [0.25, 0.3) is 0 Å². The fraction of sp³-hybridized carbons (Fsp3) is 0.615. The lowest BCUT2D eigenvalue weighted by Crippen LogP contribution is -2.53. The summed E-state index contributed by atoms with van der Waals surface area (Å²) in [5.41, 5.74) is 0.278. The molecule has 19 heavy (non-hydrogen) atoms. The van der Waals surface area contributed by atoms with Gasteiger partial charge in [0, 0.05) is 25.2 Å². The summed E-state index contributed by atoms with van der Waals surface area (Å²) >= 11 is 0. The number of morpholine rings is 1. The maximum absolute atomic E-state index is 11.0. The van der Waals surface area contributed by atoms with Crippen LogP contribution in [0.2, 0.25) is 0 Å². The Hall–Kier alpha value is -1.37. The highest BCUT2D eigenvalue weighted by atomic mass is 16.5. The molecule has 0 bridgehead atoms. The maximum Gasteiger partial charge on any atom is 0.372 e.